The van der Waals surface area contributed by atoms with Crippen LogP contribution in [0.1, 0.15) is 11.1 Å². The maximum atomic E-state index is 4.79. The van der Waals surface area contributed by atoms with Gasteiger partial charge in [-0.25, -0.2) is 9.98 Å². The minimum absolute atomic E-state index is 0.621. The molecule has 0 spiro atoms. The maximum absolute atomic E-state index is 4.79. The summed E-state index contributed by atoms with van der Waals surface area (Å²) in [5, 5.41) is 0. The lowest BCUT2D eigenvalue weighted by atomic mass is 10.2. The van der Waals surface area contributed by atoms with Crippen LogP contribution in [0.15, 0.2) is 75.9 Å². The van der Waals surface area contributed by atoms with E-state index in [1.807, 2.05) is 65.6 Å². The van der Waals surface area contributed by atoms with Crippen LogP contribution in [0.2, 0.25) is 0 Å². The highest BCUT2D eigenvalue weighted by Gasteiger charge is 2.33. The van der Waals surface area contributed by atoms with E-state index in [1.165, 1.54) is 11.1 Å². The molecular weight excluding hydrogens is 310 g/mol. The Bertz CT molecular complexity index is 918. The van der Waals surface area contributed by atoms with Crippen molar-refractivity contribution >= 4 is 29.0 Å². The molecule has 0 amide bonds. The largest absolute Gasteiger partial charge is 0.320 e. The smallest absolute Gasteiger partial charge is 0.217 e. The molecule has 0 aliphatic carbocycles. The third-order valence-electron chi connectivity index (χ3n) is 4.14. The van der Waals surface area contributed by atoms with E-state index >= 15 is 0 Å². The molecule has 2 aromatic rings. The molecule has 2 aliphatic heterocycles. The van der Waals surface area contributed by atoms with Gasteiger partial charge in [0.2, 0.25) is 5.96 Å². The summed E-state index contributed by atoms with van der Waals surface area (Å²) < 4.78 is 0. The van der Waals surface area contributed by atoms with Crippen LogP contribution in [0.25, 0.3) is 0 Å². The summed E-state index contributed by atoms with van der Waals surface area (Å²) >= 11 is 0. The van der Waals surface area contributed by atoms with Gasteiger partial charge in [0.15, 0.2) is 11.7 Å². The Hall–Kier alpha value is -3.21. The SMILES string of the molecule is Cc1ccc(N=C2N=C3N(C)C=CN3C2=Nc2ccc(C)cc2)cc1. The quantitative estimate of drug-likeness (QED) is 0.830. The van der Waals surface area contributed by atoms with E-state index in [4.69, 9.17) is 9.98 Å². The number of fused-ring (bicyclic) bond motifs is 1. The third-order valence-corrected chi connectivity index (χ3v) is 4.14. The molecule has 0 saturated carbocycles. The van der Waals surface area contributed by atoms with Gasteiger partial charge in [0.25, 0.3) is 0 Å². The highest BCUT2D eigenvalue weighted by molar-refractivity contribution is 6.49. The minimum Gasteiger partial charge on any atom is -0.320 e. The van der Waals surface area contributed by atoms with Gasteiger partial charge in [-0.2, -0.15) is 4.99 Å². The van der Waals surface area contributed by atoms with Crippen molar-refractivity contribution in [2.24, 2.45) is 15.0 Å². The van der Waals surface area contributed by atoms with Crippen molar-refractivity contribution in [3.05, 3.63) is 72.1 Å². The van der Waals surface area contributed by atoms with Gasteiger partial charge < -0.3 is 4.90 Å². The van der Waals surface area contributed by atoms with Gasteiger partial charge in [-0.3, -0.25) is 4.90 Å². The van der Waals surface area contributed by atoms with Crippen molar-refractivity contribution < 1.29 is 0 Å². The predicted octanol–water partition coefficient (Wildman–Crippen LogP) is 4.15. The van der Waals surface area contributed by atoms with Crippen LogP contribution in [0.5, 0.6) is 0 Å². The Morgan fingerprint density at radius 1 is 0.760 bits per heavy atom. The molecule has 0 aromatic heterocycles. The van der Waals surface area contributed by atoms with Crippen LogP contribution < -0.4 is 0 Å². The zero-order valence-corrected chi connectivity index (χ0v) is 14.5. The van der Waals surface area contributed by atoms with Crippen molar-refractivity contribution in [2.75, 3.05) is 7.05 Å². The molecule has 0 atom stereocenters. The van der Waals surface area contributed by atoms with E-state index in [1.54, 1.807) is 0 Å². The van der Waals surface area contributed by atoms with Crippen LogP contribution in [-0.4, -0.2) is 34.5 Å². The number of hydrogen-bond donors (Lipinski definition) is 0. The topological polar surface area (TPSA) is 43.6 Å². The Morgan fingerprint density at radius 2 is 1.32 bits per heavy atom. The van der Waals surface area contributed by atoms with E-state index in [-0.39, 0.29) is 0 Å². The van der Waals surface area contributed by atoms with Crippen LogP contribution in [0.3, 0.4) is 0 Å². The monoisotopic (exact) mass is 329 g/mol. The number of rotatable bonds is 2. The summed E-state index contributed by atoms with van der Waals surface area (Å²) in [6.07, 6.45) is 3.93. The Labute approximate surface area is 147 Å². The standard InChI is InChI=1S/C20H19N5/c1-14-4-8-16(9-5-14)21-18-19(22-17-10-6-15(2)7-11-17)25-13-12-24(3)20(25)23-18/h4-13H,1-3H3. The van der Waals surface area contributed by atoms with E-state index in [0.29, 0.717) is 5.84 Å². The van der Waals surface area contributed by atoms with Crippen molar-refractivity contribution in [2.45, 2.75) is 13.8 Å². The molecule has 2 aliphatic rings. The Kier molecular flexibility index (Phi) is 3.69. The van der Waals surface area contributed by atoms with Gasteiger partial charge in [-0.1, -0.05) is 35.4 Å². The van der Waals surface area contributed by atoms with Crippen LogP contribution >= 0.6 is 0 Å². The zero-order chi connectivity index (χ0) is 17.4. The molecule has 0 fully saturated rings. The molecule has 25 heavy (non-hydrogen) atoms. The van der Waals surface area contributed by atoms with Crippen molar-refractivity contribution in [3.63, 3.8) is 0 Å². The van der Waals surface area contributed by atoms with Gasteiger partial charge in [-0.05, 0) is 38.1 Å². The van der Waals surface area contributed by atoms with E-state index < -0.39 is 0 Å². The number of amidine groups is 2. The first-order chi connectivity index (χ1) is 12.1. The first-order valence-corrected chi connectivity index (χ1v) is 8.20. The Morgan fingerprint density at radius 3 is 1.92 bits per heavy atom. The van der Waals surface area contributed by atoms with Gasteiger partial charge in [-0.15, -0.1) is 0 Å². The van der Waals surface area contributed by atoms with Gasteiger partial charge in [0, 0.05) is 19.4 Å². The van der Waals surface area contributed by atoms with Crippen molar-refractivity contribution in [3.8, 4) is 0 Å². The second-order valence-corrected chi connectivity index (χ2v) is 6.23. The van der Waals surface area contributed by atoms with E-state index in [2.05, 4.69) is 31.0 Å². The average molecular weight is 329 g/mol. The first kappa shape index (κ1) is 15.3. The molecule has 0 bridgehead atoms. The number of nitrogens with zero attached hydrogens (tertiary/aromatic N) is 5. The molecule has 0 N–H and O–H groups in total. The lowest BCUT2D eigenvalue weighted by Gasteiger charge is -2.13. The molecule has 0 saturated heterocycles. The number of aliphatic imine (C=N–C) groups is 3. The molecule has 2 heterocycles. The van der Waals surface area contributed by atoms with Crippen LogP contribution in [0, 0.1) is 13.8 Å². The number of guanidine groups is 1. The molecule has 0 radical (unpaired) electrons. The summed E-state index contributed by atoms with van der Waals surface area (Å²) in [6, 6.07) is 16.2. The average Bonchev–Trinajstić information content (AvgIpc) is 3.13. The molecule has 0 unspecified atom stereocenters. The fraction of sp³-hybridized carbons (Fsp3) is 0.150. The Balaban J connectivity index is 1.77. The molecule has 2 aromatic carbocycles. The molecule has 5 nitrogen and oxygen atoms in total. The molecule has 124 valence electrons. The highest BCUT2D eigenvalue weighted by Crippen LogP contribution is 2.23. The number of benzene rings is 2. The second kappa shape index (κ2) is 6.02. The predicted molar refractivity (Wildman–Crippen MR) is 103 cm³/mol. The zero-order valence-electron chi connectivity index (χ0n) is 14.5. The van der Waals surface area contributed by atoms with Gasteiger partial charge >= 0.3 is 0 Å². The first-order valence-electron chi connectivity index (χ1n) is 8.20. The number of aryl methyl sites for hydroxylation is 2. The van der Waals surface area contributed by atoms with E-state index in [0.717, 1.165) is 23.2 Å². The van der Waals surface area contributed by atoms with Crippen molar-refractivity contribution in [1.29, 1.82) is 0 Å². The van der Waals surface area contributed by atoms with Crippen LogP contribution in [-0.2, 0) is 0 Å². The fourth-order valence-electron chi connectivity index (χ4n) is 2.68. The summed E-state index contributed by atoms with van der Waals surface area (Å²) in [6.45, 7) is 4.13. The van der Waals surface area contributed by atoms with Gasteiger partial charge in [0.05, 0.1) is 11.4 Å². The molecule has 4 rings (SSSR count). The van der Waals surface area contributed by atoms with E-state index in [9.17, 15) is 0 Å². The summed E-state index contributed by atoms with van der Waals surface area (Å²) in [4.78, 5) is 18.1. The number of hydrogen-bond acceptors (Lipinski definition) is 3. The summed E-state index contributed by atoms with van der Waals surface area (Å²) in [5.74, 6) is 2.17. The molecule has 5 heteroatoms. The minimum atomic E-state index is 0.621. The highest BCUT2D eigenvalue weighted by atomic mass is 15.5. The summed E-state index contributed by atoms with van der Waals surface area (Å²) in [5.41, 5.74) is 4.17. The van der Waals surface area contributed by atoms with Crippen molar-refractivity contribution in [1.82, 2.24) is 9.80 Å². The third kappa shape index (κ3) is 2.96. The summed E-state index contributed by atoms with van der Waals surface area (Å²) in [7, 11) is 1.97. The maximum Gasteiger partial charge on any atom is 0.217 e. The van der Waals surface area contributed by atoms with Crippen LogP contribution in [0.4, 0.5) is 11.4 Å². The fourth-order valence-corrected chi connectivity index (χ4v) is 2.68. The second-order valence-electron chi connectivity index (χ2n) is 6.23. The molecular formula is C20H19N5. The lowest BCUT2D eigenvalue weighted by molar-refractivity contribution is 0.664. The normalized spacial score (nSPS) is 19.1. The lowest BCUT2D eigenvalue weighted by Crippen LogP contribution is -2.31. The van der Waals surface area contributed by atoms with Gasteiger partial charge in [0.1, 0.15) is 0 Å².